The molecular formula is C14H19ClN2O3S. The van der Waals surface area contributed by atoms with Crippen LogP contribution in [0.15, 0.2) is 29.7 Å². The van der Waals surface area contributed by atoms with E-state index in [4.69, 9.17) is 11.6 Å². The third-order valence-electron chi connectivity index (χ3n) is 2.73. The number of benzene rings is 1. The van der Waals surface area contributed by atoms with Gasteiger partial charge in [-0.25, -0.2) is 8.42 Å². The van der Waals surface area contributed by atoms with Crippen molar-refractivity contribution >= 4 is 33.6 Å². The number of hydrogen-bond donors (Lipinski definition) is 1. The lowest BCUT2D eigenvalue weighted by Crippen LogP contribution is -2.39. The summed E-state index contributed by atoms with van der Waals surface area (Å²) in [5.74, 6) is -0.325. The van der Waals surface area contributed by atoms with Gasteiger partial charge in [0.1, 0.15) is 0 Å². The van der Waals surface area contributed by atoms with E-state index in [1.807, 2.05) is 0 Å². The maximum absolute atomic E-state index is 12.2. The lowest BCUT2D eigenvalue weighted by atomic mass is 10.2. The molecule has 5 nitrogen and oxygen atoms in total. The van der Waals surface area contributed by atoms with Crippen LogP contribution < -0.4 is 5.32 Å². The minimum atomic E-state index is -3.67. The van der Waals surface area contributed by atoms with Crippen LogP contribution >= 0.6 is 11.6 Å². The Morgan fingerprint density at radius 2 is 2.00 bits per heavy atom. The number of nitrogens with one attached hydrogen (secondary N) is 1. The van der Waals surface area contributed by atoms with Crippen LogP contribution in [-0.4, -0.2) is 38.3 Å². The van der Waals surface area contributed by atoms with Gasteiger partial charge >= 0.3 is 0 Å². The topological polar surface area (TPSA) is 66.5 Å². The minimum absolute atomic E-state index is 0.195. The zero-order valence-electron chi connectivity index (χ0n) is 12.0. The molecule has 21 heavy (non-hydrogen) atoms. The Balaban J connectivity index is 2.88. The Morgan fingerprint density at radius 3 is 2.57 bits per heavy atom. The molecule has 1 aromatic carbocycles. The molecule has 116 valence electrons. The largest absolute Gasteiger partial charge is 0.355 e. The second kappa shape index (κ2) is 8.17. The molecule has 0 unspecified atom stereocenters. The van der Waals surface area contributed by atoms with Crippen LogP contribution in [0.25, 0.3) is 6.08 Å². The number of amides is 1. The highest BCUT2D eigenvalue weighted by Crippen LogP contribution is 2.17. The summed E-state index contributed by atoms with van der Waals surface area (Å²) in [6.45, 7) is 3.94. The predicted molar refractivity (Wildman–Crippen MR) is 85.3 cm³/mol. The van der Waals surface area contributed by atoms with Gasteiger partial charge in [-0.2, -0.15) is 4.31 Å². The fourth-order valence-corrected chi connectivity index (χ4v) is 3.00. The van der Waals surface area contributed by atoms with Crippen LogP contribution in [0.2, 0.25) is 5.02 Å². The fourth-order valence-electron chi connectivity index (χ4n) is 1.65. The van der Waals surface area contributed by atoms with Crippen LogP contribution in [0, 0.1) is 0 Å². The molecule has 0 heterocycles. The number of rotatable bonds is 7. The van der Waals surface area contributed by atoms with Crippen molar-refractivity contribution in [1.82, 2.24) is 9.62 Å². The van der Waals surface area contributed by atoms with Crippen molar-refractivity contribution in [3.8, 4) is 0 Å². The molecule has 0 saturated carbocycles. The van der Waals surface area contributed by atoms with Gasteiger partial charge in [-0.3, -0.25) is 4.79 Å². The van der Waals surface area contributed by atoms with Crippen LogP contribution in [0.3, 0.4) is 0 Å². The number of likely N-dealkylation sites (N-methyl/N-ethyl adjacent to an activating group) is 2. The Morgan fingerprint density at radius 1 is 1.33 bits per heavy atom. The lowest BCUT2D eigenvalue weighted by molar-refractivity contribution is -0.121. The average molecular weight is 331 g/mol. The predicted octanol–water partition coefficient (Wildman–Crippen LogP) is 2.10. The third-order valence-corrected chi connectivity index (χ3v) is 4.66. The van der Waals surface area contributed by atoms with Crippen molar-refractivity contribution in [3.05, 3.63) is 40.3 Å². The minimum Gasteiger partial charge on any atom is -0.355 e. The molecule has 0 fully saturated rings. The first-order chi connectivity index (χ1) is 9.90. The Labute approximate surface area is 130 Å². The molecule has 0 spiro atoms. The number of halogens is 1. The van der Waals surface area contributed by atoms with Crippen LogP contribution in [0.4, 0.5) is 0 Å². The first kappa shape index (κ1) is 17.7. The van der Waals surface area contributed by atoms with E-state index in [9.17, 15) is 13.2 Å². The maximum atomic E-state index is 12.2. The van der Waals surface area contributed by atoms with Gasteiger partial charge in [0.25, 0.3) is 0 Å². The molecule has 0 aliphatic carbocycles. The smallest absolute Gasteiger partial charge is 0.236 e. The number of sulfonamides is 1. The number of carbonyl (C=O) groups excluding carboxylic acids is 1. The van der Waals surface area contributed by atoms with Crippen molar-refractivity contribution in [3.63, 3.8) is 0 Å². The molecule has 1 N–H and O–H groups in total. The van der Waals surface area contributed by atoms with E-state index in [-0.39, 0.29) is 19.0 Å². The van der Waals surface area contributed by atoms with E-state index < -0.39 is 10.0 Å². The summed E-state index contributed by atoms with van der Waals surface area (Å²) >= 11 is 5.97. The SMILES string of the molecule is CCNC(=O)CN(CC)S(=O)(=O)/C=C/c1ccccc1Cl. The summed E-state index contributed by atoms with van der Waals surface area (Å²) in [4.78, 5) is 11.5. The molecule has 1 rings (SSSR count). The zero-order valence-corrected chi connectivity index (χ0v) is 13.6. The number of nitrogens with zero attached hydrogens (tertiary/aromatic N) is 1. The van der Waals surface area contributed by atoms with Crippen LogP contribution in [0.1, 0.15) is 19.4 Å². The van der Waals surface area contributed by atoms with E-state index in [2.05, 4.69) is 5.32 Å². The highest BCUT2D eigenvalue weighted by Gasteiger charge is 2.20. The monoisotopic (exact) mass is 330 g/mol. The normalized spacial score (nSPS) is 12.0. The van der Waals surface area contributed by atoms with Gasteiger partial charge in [-0.1, -0.05) is 36.7 Å². The van der Waals surface area contributed by atoms with Gasteiger partial charge in [0, 0.05) is 23.5 Å². The average Bonchev–Trinajstić information content (AvgIpc) is 2.44. The molecule has 0 bridgehead atoms. The summed E-state index contributed by atoms with van der Waals surface area (Å²) in [6, 6.07) is 6.93. The van der Waals surface area contributed by atoms with E-state index in [0.29, 0.717) is 17.1 Å². The standard InChI is InChI=1S/C14H19ClN2O3S/c1-3-16-14(18)11-17(4-2)21(19,20)10-9-12-7-5-6-8-13(12)15/h5-10H,3-4,11H2,1-2H3,(H,16,18)/b10-9+. The molecule has 0 aliphatic heterocycles. The van der Waals surface area contributed by atoms with Gasteiger partial charge in [0.2, 0.25) is 15.9 Å². The third kappa shape index (κ3) is 5.49. The first-order valence-electron chi connectivity index (χ1n) is 6.60. The van der Waals surface area contributed by atoms with Crippen molar-refractivity contribution in [2.75, 3.05) is 19.6 Å². The molecule has 0 aromatic heterocycles. The van der Waals surface area contributed by atoms with Gasteiger partial charge in [0.15, 0.2) is 0 Å². The molecule has 0 atom stereocenters. The summed E-state index contributed by atoms with van der Waals surface area (Å²) < 4.78 is 25.5. The van der Waals surface area contributed by atoms with Gasteiger partial charge < -0.3 is 5.32 Å². The van der Waals surface area contributed by atoms with Crippen molar-refractivity contribution in [2.45, 2.75) is 13.8 Å². The number of carbonyl (C=O) groups is 1. The van der Waals surface area contributed by atoms with Crippen LogP contribution in [-0.2, 0) is 14.8 Å². The quantitative estimate of drug-likeness (QED) is 0.832. The molecule has 1 aromatic rings. The molecule has 0 saturated heterocycles. The fraction of sp³-hybridized carbons (Fsp3) is 0.357. The van der Waals surface area contributed by atoms with Gasteiger partial charge in [-0.05, 0) is 24.6 Å². The van der Waals surface area contributed by atoms with E-state index in [1.54, 1.807) is 38.1 Å². The summed E-state index contributed by atoms with van der Waals surface area (Å²) in [6.07, 6.45) is 1.43. The Bertz CT molecular complexity index is 614. The molecular weight excluding hydrogens is 312 g/mol. The molecule has 0 radical (unpaired) electrons. The lowest BCUT2D eigenvalue weighted by Gasteiger charge is -2.17. The highest BCUT2D eigenvalue weighted by molar-refractivity contribution is 7.92. The summed E-state index contributed by atoms with van der Waals surface area (Å²) in [5.41, 5.74) is 0.608. The van der Waals surface area contributed by atoms with Crippen LogP contribution in [0.5, 0.6) is 0 Å². The molecule has 1 amide bonds. The van der Waals surface area contributed by atoms with Crippen molar-refractivity contribution in [2.24, 2.45) is 0 Å². The highest BCUT2D eigenvalue weighted by atomic mass is 35.5. The number of hydrogen-bond acceptors (Lipinski definition) is 3. The Kier molecular flexibility index (Phi) is 6.87. The first-order valence-corrected chi connectivity index (χ1v) is 8.48. The van der Waals surface area contributed by atoms with E-state index in [0.717, 1.165) is 9.71 Å². The molecule has 7 heteroatoms. The molecule has 0 aliphatic rings. The summed E-state index contributed by atoms with van der Waals surface area (Å²) in [5, 5.41) is 4.11. The van der Waals surface area contributed by atoms with E-state index in [1.165, 1.54) is 6.08 Å². The Hall–Kier alpha value is -1.37. The zero-order chi connectivity index (χ0) is 15.9. The maximum Gasteiger partial charge on any atom is 0.236 e. The van der Waals surface area contributed by atoms with Gasteiger partial charge in [-0.15, -0.1) is 0 Å². The second-order valence-corrected chi connectivity index (χ2v) is 6.47. The van der Waals surface area contributed by atoms with Gasteiger partial charge in [0.05, 0.1) is 6.54 Å². The van der Waals surface area contributed by atoms with Crippen molar-refractivity contribution in [1.29, 1.82) is 0 Å². The van der Waals surface area contributed by atoms with E-state index >= 15 is 0 Å². The second-order valence-electron chi connectivity index (χ2n) is 4.25. The summed E-state index contributed by atoms with van der Waals surface area (Å²) in [7, 11) is -3.67. The van der Waals surface area contributed by atoms with Crippen molar-refractivity contribution < 1.29 is 13.2 Å².